The highest BCUT2D eigenvalue weighted by molar-refractivity contribution is 5.93. The number of hydrogen-bond donors (Lipinski definition) is 0. The monoisotopic (exact) mass is 392 g/mol. The van der Waals surface area contributed by atoms with E-state index in [0.29, 0.717) is 0 Å². The van der Waals surface area contributed by atoms with Crippen LogP contribution in [0.3, 0.4) is 0 Å². The van der Waals surface area contributed by atoms with E-state index in [4.69, 9.17) is 9.47 Å². The molecule has 0 aliphatic rings. The summed E-state index contributed by atoms with van der Waals surface area (Å²) in [5, 5.41) is 6.04. The minimum absolute atomic E-state index is 0.209. The van der Waals surface area contributed by atoms with Crippen molar-refractivity contribution in [1.82, 2.24) is 0 Å². The zero-order chi connectivity index (χ0) is 22.0. The van der Waals surface area contributed by atoms with Gasteiger partial charge in [0.25, 0.3) is 0 Å². The van der Waals surface area contributed by atoms with Gasteiger partial charge < -0.3 is 9.47 Å². The van der Waals surface area contributed by atoms with Gasteiger partial charge in [-0.1, -0.05) is 10.4 Å². The van der Waals surface area contributed by atoms with Gasteiger partial charge in [0.15, 0.2) is 0 Å². The Morgan fingerprint density at radius 3 is 1.11 bits per heavy atom. The topological polar surface area (TPSA) is 111 Å². The highest BCUT2D eigenvalue weighted by atomic mass is 16.6. The van der Waals surface area contributed by atoms with Gasteiger partial charge in [-0.2, -0.15) is 9.81 Å². The van der Waals surface area contributed by atoms with Crippen LogP contribution >= 0.6 is 0 Å². The van der Waals surface area contributed by atoms with Crippen molar-refractivity contribution in [2.24, 2.45) is 10.4 Å². The van der Waals surface area contributed by atoms with Gasteiger partial charge in [-0.25, -0.2) is 9.59 Å². The van der Waals surface area contributed by atoms with Gasteiger partial charge in [0.1, 0.15) is 22.3 Å². The molecule has 0 atom stereocenters. The fourth-order valence-corrected chi connectivity index (χ4v) is 1.79. The lowest BCUT2D eigenvalue weighted by molar-refractivity contribution is -0.0323. The van der Waals surface area contributed by atoms with Crippen molar-refractivity contribution in [3.8, 4) is 0 Å². The second-order valence-corrected chi connectivity index (χ2v) is 8.68. The summed E-state index contributed by atoms with van der Waals surface area (Å²) in [5.74, 6) is -1.29. The molecule has 0 bridgehead atoms. The smallest absolute Gasteiger partial charge is 0.338 e. The van der Waals surface area contributed by atoms with Gasteiger partial charge in [-0.3, -0.25) is 0 Å². The summed E-state index contributed by atoms with van der Waals surface area (Å²) in [6.07, 6.45) is 0. The fourth-order valence-electron chi connectivity index (χ4n) is 1.79. The molecule has 0 radical (unpaired) electrons. The van der Waals surface area contributed by atoms with E-state index in [2.05, 4.69) is 10.4 Å². The number of benzene rings is 1. The van der Waals surface area contributed by atoms with Gasteiger partial charge in [-0.15, -0.1) is 0 Å². The summed E-state index contributed by atoms with van der Waals surface area (Å²) in [5.41, 5.74) is -4.06. The zero-order valence-electron chi connectivity index (χ0n) is 17.7. The average molecular weight is 392 g/mol. The number of ether oxygens (including phenoxy) is 2. The number of carbonyl (C=O) groups is 2. The Hall–Kier alpha value is -2.64. The van der Waals surface area contributed by atoms with Crippen molar-refractivity contribution in [3.05, 3.63) is 45.2 Å². The van der Waals surface area contributed by atoms with Crippen LogP contribution in [-0.4, -0.2) is 34.2 Å². The number of carbonyl (C=O) groups excluding carboxylic acids is 2. The first-order valence-corrected chi connectivity index (χ1v) is 8.86. The molecule has 1 rings (SSSR count). The van der Waals surface area contributed by atoms with Crippen LogP contribution in [0.25, 0.3) is 0 Å². The molecule has 0 aliphatic heterocycles. The second kappa shape index (κ2) is 7.77. The molecule has 8 nitrogen and oxygen atoms in total. The molecule has 1 aromatic rings. The molecule has 28 heavy (non-hydrogen) atoms. The quantitative estimate of drug-likeness (QED) is 0.470. The van der Waals surface area contributed by atoms with Crippen LogP contribution in [0, 0.1) is 9.81 Å². The highest BCUT2D eigenvalue weighted by Crippen LogP contribution is 2.31. The lowest BCUT2D eigenvalue weighted by Crippen LogP contribution is -2.47. The summed E-state index contributed by atoms with van der Waals surface area (Å²) in [7, 11) is 0. The first-order chi connectivity index (χ1) is 12.6. The Balaban J connectivity index is 2.94. The molecule has 0 heterocycles. The summed E-state index contributed by atoms with van der Waals surface area (Å²) in [4.78, 5) is 46.7. The Kier molecular flexibility index (Phi) is 6.49. The maximum absolute atomic E-state index is 12.4. The largest absolute Gasteiger partial charge is 0.453 e. The standard InChI is InChI=1S/C20H28N2O6/c1-17(2,21-25)19(5,6)27-15(23)13-9-11-14(12-10-13)16(24)28-20(7,8)18(3,4)22-26/h9-12H,1-8H3. The van der Waals surface area contributed by atoms with Crippen LogP contribution in [0.1, 0.15) is 76.1 Å². The number of hydrogen-bond acceptors (Lipinski definition) is 8. The molecular weight excluding hydrogens is 364 g/mol. The summed E-state index contributed by atoms with van der Waals surface area (Å²) < 4.78 is 10.8. The molecule has 0 amide bonds. The predicted molar refractivity (Wildman–Crippen MR) is 105 cm³/mol. The van der Waals surface area contributed by atoms with Gasteiger partial charge in [0.2, 0.25) is 0 Å². The molecule has 0 N–H and O–H groups in total. The first kappa shape index (κ1) is 23.4. The Bertz CT molecular complexity index is 698. The number of rotatable bonds is 8. The van der Waals surface area contributed by atoms with Gasteiger partial charge in [-0.05, 0) is 79.7 Å². The van der Waals surface area contributed by atoms with E-state index in [9.17, 15) is 19.4 Å². The first-order valence-electron chi connectivity index (χ1n) is 8.86. The Labute approximate surface area is 164 Å². The highest BCUT2D eigenvalue weighted by Gasteiger charge is 2.43. The van der Waals surface area contributed by atoms with Gasteiger partial charge in [0, 0.05) is 0 Å². The van der Waals surface area contributed by atoms with Crippen LogP contribution in [0.15, 0.2) is 34.6 Å². The van der Waals surface area contributed by atoms with Gasteiger partial charge in [0.05, 0.1) is 11.1 Å². The zero-order valence-corrected chi connectivity index (χ0v) is 17.7. The molecule has 0 aromatic heterocycles. The van der Waals surface area contributed by atoms with Crippen LogP contribution in [0.4, 0.5) is 0 Å². The van der Waals surface area contributed by atoms with Crippen LogP contribution in [-0.2, 0) is 9.47 Å². The average Bonchev–Trinajstić information content (AvgIpc) is 2.60. The van der Waals surface area contributed by atoms with Crippen LogP contribution in [0.2, 0.25) is 0 Å². The summed E-state index contributed by atoms with van der Waals surface area (Å²) >= 11 is 0. The summed E-state index contributed by atoms with van der Waals surface area (Å²) in [6.45, 7) is 12.7. The van der Waals surface area contributed by atoms with E-state index < -0.39 is 34.2 Å². The van der Waals surface area contributed by atoms with E-state index in [1.165, 1.54) is 24.3 Å². The lowest BCUT2D eigenvalue weighted by atomic mass is 9.86. The lowest BCUT2D eigenvalue weighted by Gasteiger charge is -2.35. The molecule has 1 aromatic carbocycles. The maximum Gasteiger partial charge on any atom is 0.338 e. The number of esters is 2. The Morgan fingerprint density at radius 2 is 0.893 bits per heavy atom. The van der Waals surface area contributed by atoms with Crippen LogP contribution < -0.4 is 0 Å². The van der Waals surface area contributed by atoms with E-state index in [1.807, 2.05) is 0 Å². The Morgan fingerprint density at radius 1 is 0.643 bits per heavy atom. The fraction of sp³-hybridized carbons (Fsp3) is 0.600. The molecule has 154 valence electrons. The molecule has 0 aliphatic carbocycles. The molecule has 0 spiro atoms. The normalized spacial score (nSPS) is 12.9. The molecular formula is C20H28N2O6. The SMILES string of the molecule is CC(C)(N=O)C(C)(C)OC(=O)c1ccc(C(=O)OC(C)(C)C(C)(C)N=O)cc1. The predicted octanol–water partition coefficient (Wildman–Crippen LogP) is 4.65. The third-order valence-electron chi connectivity index (χ3n) is 5.46. The molecule has 0 saturated heterocycles. The maximum atomic E-state index is 12.4. The number of nitrogens with zero attached hydrogens (tertiary/aromatic N) is 2. The molecule has 0 saturated carbocycles. The summed E-state index contributed by atoms with van der Waals surface area (Å²) in [6, 6.07) is 5.69. The molecule has 0 fully saturated rings. The van der Waals surface area contributed by atoms with Gasteiger partial charge >= 0.3 is 11.9 Å². The van der Waals surface area contributed by atoms with E-state index >= 15 is 0 Å². The van der Waals surface area contributed by atoms with Crippen molar-refractivity contribution in [3.63, 3.8) is 0 Å². The second-order valence-electron chi connectivity index (χ2n) is 8.68. The van der Waals surface area contributed by atoms with Crippen molar-refractivity contribution in [1.29, 1.82) is 0 Å². The molecule has 8 heteroatoms. The molecule has 0 unspecified atom stereocenters. The van der Waals surface area contributed by atoms with Crippen molar-refractivity contribution in [2.75, 3.05) is 0 Å². The number of nitroso groups, excluding NO2 is 2. The van der Waals surface area contributed by atoms with Crippen LogP contribution in [0.5, 0.6) is 0 Å². The van der Waals surface area contributed by atoms with E-state index in [-0.39, 0.29) is 11.1 Å². The van der Waals surface area contributed by atoms with Crippen molar-refractivity contribution in [2.45, 2.75) is 77.7 Å². The minimum Gasteiger partial charge on any atom is -0.453 e. The van der Waals surface area contributed by atoms with E-state index in [0.717, 1.165) is 0 Å². The minimum atomic E-state index is -1.12. The third-order valence-corrected chi connectivity index (χ3v) is 5.46. The van der Waals surface area contributed by atoms with E-state index in [1.54, 1.807) is 55.4 Å². The van der Waals surface area contributed by atoms with Crippen molar-refractivity contribution < 1.29 is 19.1 Å². The third kappa shape index (κ3) is 4.79. The van der Waals surface area contributed by atoms with Crippen molar-refractivity contribution >= 4 is 11.9 Å².